The molecular formula is C5H9NO2S. The maximum atomic E-state index is 10.9. The molecule has 1 rings (SSSR count). The predicted molar refractivity (Wildman–Crippen MR) is 35.0 cm³/mol. The Bertz CT molecular complexity index is 116. The number of amides is 1. The molecule has 1 aliphatic carbocycles. The summed E-state index contributed by atoms with van der Waals surface area (Å²) in [7, 11) is 1.54. The van der Waals surface area contributed by atoms with E-state index < -0.39 is 11.4 Å². The lowest BCUT2D eigenvalue weighted by atomic mass is 11.0. The summed E-state index contributed by atoms with van der Waals surface area (Å²) >= 11 is -1.04. The summed E-state index contributed by atoms with van der Waals surface area (Å²) in [4.78, 5) is 10.0. The fourth-order valence-electron chi connectivity index (χ4n) is 0.547. The Balaban J connectivity index is 2.30. The monoisotopic (exact) mass is 147 g/mol. The number of nitrogens with zero attached hydrogens (tertiary/aromatic N) is 1. The third-order valence-corrected chi connectivity index (χ3v) is 2.94. The van der Waals surface area contributed by atoms with E-state index in [1.54, 1.807) is 7.05 Å². The molecule has 1 unspecified atom stereocenters. The lowest BCUT2D eigenvalue weighted by Gasteiger charge is -2.14. The van der Waals surface area contributed by atoms with Crippen molar-refractivity contribution in [3.63, 3.8) is 0 Å². The molecule has 1 atom stereocenters. The molecule has 0 aromatic heterocycles. The second kappa shape index (κ2) is 2.58. The molecule has 4 heteroatoms. The molecule has 1 saturated carbocycles. The number of carbonyl (C=O) groups is 1. The van der Waals surface area contributed by atoms with Gasteiger partial charge in [0, 0.05) is 12.8 Å². The third-order valence-electron chi connectivity index (χ3n) is 1.24. The van der Waals surface area contributed by atoms with Crippen LogP contribution in [0, 0.1) is 0 Å². The van der Waals surface area contributed by atoms with Gasteiger partial charge in [-0.3, -0.25) is 4.79 Å². The summed E-state index contributed by atoms with van der Waals surface area (Å²) in [5.41, 5.74) is 0. The number of hydrogen-bond acceptors (Lipinski definition) is 2. The second-order valence-corrected chi connectivity index (χ2v) is 3.92. The van der Waals surface area contributed by atoms with Crippen molar-refractivity contribution in [1.82, 2.24) is 4.31 Å². The highest BCUT2D eigenvalue weighted by Crippen LogP contribution is 2.29. The average molecular weight is 147 g/mol. The lowest BCUT2D eigenvalue weighted by Crippen LogP contribution is -2.28. The topological polar surface area (TPSA) is 43.4 Å². The Hall–Kier alpha value is -0.220. The molecule has 0 saturated heterocycles. The van der Waals surface area contributed by atoms with Crippen molar-refractivity contribution in [3.05, 3.63) is 0 Å². The molecule has 1 fully saturated rings. The van der Waals surface area contributed by atoms with Gasteiger partial charge in [-0.05, 0) is 0 Å². The first-order valence-electron chi connectivity index (χ1n) is 2.84. The van der Waals surface area contributed by atoms with Gasteiger partial charge in [-0.1, -0.05) is 0 Å². The minimum absolute atomic E-state index is 0.264. The van der Waals surface area contributed by atoms with Crippen molar-refractivity contribution in [2.75, 3.05) is 7.05 Å². The number of rotatable bonds is 3. The van der Waals surface area contributed by atoms with Crippen LogP contribution in [0.4, 0.5) is 0 Å². The fourth-order valence-corrected chi connectivity index (χ4v) is 1.64. The van der Waals surface area contributed by atoms with Crippen molar-refractivity contribution < 1.29 is 9.35 Å². The molecule has 52 valence electrons. The number of hydrogen-bond donors (Lipinski definition) is 0. The second-order valence-electron chi connectivity index (χ2n) is 2.13. The van der Waals surface area contributed by atoms with Crippen LogP contribution >= 0.6 is 0 Å². The zero-order valence-corrected chi connectivity index (χ0v) is 6.06. The normalized spacial score (nSPS) is 21.1. The summed E-state index contributed by atoms with van der Waals surface area (Å²) < 4.78 is 12.2. The van der Waals surface area contributed by atoms with Crippen molar-refractivity contribution in [1.29, 1.82) is 0 Å². The van der Waals surface area contributed by atoms with Crippen molar-refractivity contribution >= 4 is 17.8 Å². The van der Waals surface area contributed by atoms with Gasteiger partial charge in [0.2, 0.25) is 0 Å². The summed E-state index contributed by atoms with van der Waals surface area (Å²) in [6.45, 7) is 0. The zero-order chi connectivity index (χ0) is 6.85. The molecule has 0 heterocycles. The average Bonchev–Trinajstić information content (AvgIpc) is 2.66. The Kier molecular flexibility index (Phi) is 1.97. The minimum Gasteiger partial charge on any atom is -0.593 e. The number of carbonyl (C=O) groups excluding carboxylic acids is 1. The van der Waals surface area contributed by atoms with E-state index >= 15 is 0 Å². The first kappa shape index (κ1) is 6.89. The molecule has 0 spiro atoms. The molecule has 0 aliphatic heterocycles. The SMILES string of the molecule is CN(C=O)[S+]([O-])C1CC1. The van der Waals surface area contributed by atoms with E-state index in [4.69, 9.17) is 0 Å². The quantitative estimate of drug-likeness (QED) is 0.413. The molecule has 0 aromatic rings. The summed E-state index contributed by atoms with van der Waals surface area (Å²) in [6, 6.07) is 0. The lowest BCUT2D eigenvalue weighted by molar-refractivity contribution is -0.113. The minimum atomic E-state index is -1.04. The molecule has 0 N–H and O–H groups in total. The highest BCUT2D eigenvalue weighted by Gasteiger charge is 2.37. The van der Waals surface area contributed by atoms with Crippen molar-refractivity contribution in [2.45, 2.75) is 18.1 Å². The summed E-state index contributed by atoms with van der Waals surface area (Å²) in [6.07, 6.45) is 2.62. The predicted octanol–water partition coefficient (Wildman–Crippen LogP) is -0.0993. The van der Waals surface area contributed by atoms with Crippen LogP contribution in [0.25, 0.3) is 0 Å². The molecule has 1 aliphatic rings. The Labute approximate surface area is 57.3 Å². The first-order valence-corrected chi connectivity index (χ1v) is 4.01. The highest BCUT2D eigenvalue weighted by atomic mass is 32.2. The van der Waals surface area contributed by atoms with Crippen LogP contribution in [0.1, 0.15) is 12.8 Å². The fraction of sp³-hybridized carbons (Fsp3) is 0.800. The van der Waals surface area contributed by atoms with E-state index in [0.717, 1.165) is 12.8 Å². The van der Waals surface area contributed by atoms with Crippen LogP contribution in [0.15, 0.2) is 0 Å². The van der Waals surface area contributed by atoms with Crippen LogP contribution in [-0.4, -0.2) is 27.6 Å². The van der Waals surface area contributed by atoms with Gasteiger partial charge in [0.1, 0.15) is 5.25 Å². The van der Waals surface area contributed by atoms with Gasteiger partial charge in [-0.25, -0.2) is 0 Å². The molecule has 1 amide bonds. The Morgan fingerprint density at radius 2 is 2.33 bits per heavy atom. The Morgan fingerprint density at radius 1 is 1.78 bits per heavy atom. The van der Waals surface area contributed by atoms with E-state index in [9.17, 15) is 9.35 Å². The van der Waals surface area contributed by atoms with Gasteiger partial charge in [0.15, 0.2) is 0 Å². The maximum absolute atomic E-state index is 10.9. The molecule has 0 bridgehead atoms. The van der Waals surface area contributed by atoms with Gasteiger partial charge >= 0.3 is 0 Å². The van der Waals surface area contributed by atoms with E-state index in [1.807, 2.05) is 0 Å². The zero-order valence-electron chi connectivity index (χ0n) is 5.24. The van der Waals surface area contributed by atoms with Gasteiger partial charge in [-0.2, -0.15) is 4.31 Å². The standard InChI is InChI=1S/C5H9NO2S/c1-6(4-7)9(8)5-2-3-5/h4-5H,2-3H2,1H3. The van der Waals surface area contributed by atoms with Crippen LogP contribution in [-0.2, 0) is 16.2 Å². The molecule has 9 heavy (non-hydrogen) atoms. The molecule has 0 aromatic carbocycles. The Morgan fingerprint density at radius 3 is 2.67 bits per heavy atom. The first-order chi connectivity index (χ1) is 4.25. The van der Waals surface area contributed by atoms with Crippen molar-refractivity contribution in [3.8, 4) is 0 Å². The van der Waals surface area contributed by atoms with E-state index in [2.05, 4.69) is 0 Å². The van der Waals surface area contributed by atoms with Gasteiger partial charge in [0.05, 0.1) is 18.4 Å². The van der Waals surface area contributed by atoms with Crippen LogP contribution < -0.4 is 0 Å². The third kappa shape index (κ3) is 1.59. The van der Waals surface area contributed by atoms with Crippen LogP contribution in [0.3, 0.4) is 0 Å². The summed E-state index contributed by atoms with van der Waals surface area (Å²) in [5.74, 6) is 0. The molecule has 0 radical (unpaired) electrons. The highest BCUT2D eigenvalue weighted by molar-refractivity contribution is 7.90. The maximum Gasteiger partial charge on any atom is 0.251 e. The van der Waals surface area contributed by atoms with Gasteiger partial charge in [-0.15, -0.1) is 0 Å². The largest absolute Gasteiger partial charge is 0.593 e. The van der Waals surface area contributed by atoms with E-state index in [-0.39, 0.29) is 5.25 Å². The van der Waals surface area contributed by atoms with E-state index in [0.29, 0.717) is 6.41 Å². The van der Waals surface area contributed by atoms with Crippen LogP contribution in [0.2, 0.25) is 0 Å². The van der Waals surface area contributed by atoms with Gasteiger partial charge < -0.3 is 4.55 Å². The summed E-state index contributed by atoms with van der Waals surface area (Å²) in [5, 5.41) is 0.264. The molecular weight excluding hydrogens is 138 g/mol. The van der Waals surface area contributed by atoms with E-state index in [1.165, 1.54) is 4.31 Å². The van der Waals surface area contributed by atoms with Crippen LogP contribution in [0.5, 0.6) is 0 Å². The van der Waals surface area contributed by atoms with Gasteiger partial charge in [0.25, 0.3) is 6.41 Å². The van der Waals surface area contributed by atoms with Crippen molar-refractivity contribution in [2.24, 2.45) is 0 Å². The molecule has 3 nitrogen and oxygen atoms in total. The smallest absolute Gasteiger partial charge is 0.251 e.